The number of nitrogens with one attached hydrogen (secondary N) is 1. The molecule has 0 bridgehead atoms. The first-order valence-corrected chi connectivity index (χ1v) is 10.2. The van der Waals surface area contributed by atoms with Crippen molar-refractivity contribution >= 4 is 40.6 Å². The molecule has 3 aromatic rings. The highest BCUT2D eigenvalue weighted by molar-refractivity contribution is 7.18. The first-order chi connectivity index (χ1) is 15.1. The van der Waals surface area contributed by atoms with E-state index in [9.17, 15) is 27.9 Å². The monoisotopic (exact) mass is 485 g/mol. The Hall–Kier alpha value is -3.24. The second-order valence-corrected chi connectivity index (χ2v) is 7.92. The minimum absolute atomic E-state index is 0.0383. The summed E-state index contributed by atoms with van der Waals surface area (Å²) in [5.74, 6) is -2.84. The van der Waals surface area contributed by atoms with Gasteiger partial charge in [0.15, 0.2) is 17.2 Å². The van der Waals surface area contributed by atoms with Gasteiger partial charge in [0.25, 0.3) is 0 Å². The van der Waals surface area contributed by atoms with Crippen LogP contribution in [0.5, 0.6) is 5.75 Å². The third-order valence-corrected chi connectivity index (χ3v) is 5.90. The van der Waals surface area contributed by atoms with E-state index in [4.69, 9.17) is 21.4 Å². The Kier molecular flexibility index (Phi) is 6.95. The Morgan fingerprint density at radius 2 is 1.81 bits per heavy atom. The van der Waals surface area contributed by atoms with E-state index in [1.807, 2.05) is 0 Å². The van der Waals surface area contributed by atoms with E-state index in [-0.39, 0.29) is 22.2 Å². The smallest absolute Gasteiger partial charge is 0.416 e. The summed E-state index contributed by atoms with van der Waals surface area (Å²) in [6.45, 7) is -0.631. The number of aromatic carboxylic acids is 1. The van der Waals surface area contributed by atoms with E-state index in [1.165, 1.54) is 6.07 Å². The number of anilines is 1. The predicted octanol–water partition coefficient (Wildman–Crippen LogP) is 5.86. The number of thiophene rings is 1. The number of alkyl halides is 3. The largest absolute Gasteiger partial charge is 0.479 e. The molecule has 0 aliphatic carbocycles. The fourth-order valence-electron chi connectivity index (χ4n) is 2.82. The van der Waals surface area contributed by atoms with Crippen LogP contribution in [0.25, 0.3) is 10.4 Å². The molecule has 0 spiro atoms. The molecule has 0 saturated carbocycles. The van der Waals surface area contributed by atoms with Crippen LogP contribution in [0.2, 0.25) is 5.02 Å². The van der Waals surface area contributed by atoms with Gasteiger partial charge in [0.2, 0.25) is 0 Å². The number of hydrogen-bond donors (Lipinski definition) is 3. The highest BCUT2D eigenvalue weighted by Crippen LogP contribution is 2.45. The molecule has 32 heavy (non-hydrogen) atoms. The molecule has 2 aromatic carbocycles. The molecule has 3 rings (SSSR count). The molecule has 0 aliphatic heterocycles. The number of benzene rings is 2. The average molecular weight is 486 g/mol. The molecule has 1 heterocycles. The summed E-state index contributed by atoms with van der Waals surface area (Å²) >= 11 is 7.10. The summed E-state index contributed by atoms with van der Waals surface area (Å²) in [4.78, 5) is 22.4. The van der Waals surface area contributed by atoms with Crippen molar-refractivity contribution in [1.82, 2.24) is 0 Å². The zero-order valence-corrected chi connectivity index (χ0v) is 17.6. The predicted molar refractivity (Wildman–Crippen MR) is 114 cm³/mol. The van der Waals surface area contributed by atoms with Crippen molar-refractivity contribution in [3.63, 3.8) is 0 Å². The summed E-state index contributed by atoms with van der Waals surface area (Å²) in [6.07, 6.45) is -4.44. The Balaban J connectivity index is 1.84. The third kappa shape index (κ3) is 5.51. The standard InChI is InChI=1S/C21H15ClF3NO5S/c22-16-17(31-10-15(27)28)19(20(29)30)32-18(16)12-4-2-6-14(8-12)26-9-11-3-1-5-13(7-11)21(23,24)25/h1-8,26H,9-10H2,(H,27,28)(H,29,30). The maximum Gasteiger partial charge on any atom is 0.416 e. The fraction of sp³-hybridized carbons (Fsp3) is 0.143. The van der Waals surface area contributed by atoms with Crippen molar-refractivity contribution in [2.45, 2.75) is 12.7 Å². The minimum atomic E-state index is -4.44. The second kappa shape index (κ2) is 9.49. The SMILES string of the molecule is O=C(O)COc1c(C(=O)O)sc(-c2cccc(NCc3cccc(C(F)(F)F)c3)c2)c1Cl. The number of hydrogen-bond acceptors (Lipinski definition) is 5. The van der Waals surface area contributed by atoms with Crippen LogP contribution in [-0.4, -0.2) is 28.8 Å². The van der Waals surface area contributed by atoms with Gasteiger partial charge in [-0.1, -0.05) is 35.9 Å². The van der Waals surface area contributed by atoms with Gasteiger partial charge in [0, 0.05) is 12.2 Å². The molecule has 0 aliphatic rings. The Bertz CT molecular complexity index is 1160. The number of carbonyl (C=O) groups is 2. The number of aliphatic carboxylic acids is 1. The molecule has 0 amide bonds. The van der Waals surface area contributed by atoms with Gasteiger partial charge in [-0.3, -0.25) is 0 Å². The summed E-state index contributed by atoms with van der Waals surface area (Å²) in [6, 6.07) is 11.6. The molecule has 1 aromatic heterocycles. The van der Waals surface area contributed by atoms with Gasteiger partial charge in [-0.2, -0.15) is 13.2 Å². The van der Waals surface area contributed by atoms with Crippen molar-refractivity contribution in [2.24, 2.45) is 0 Å². The van der Waals surface area contributed by atoms with Gasteiger partial charge >= 0.3 is 18.1 Å². The van der Waals surface area contributed by atoms with Crippen LogP contribution in [0.4, 0.5) is 18.9 Å². The Morgan fingerprint density at radius 3 is 2.47 bits per heavy atom. The van der Waals surface area contributed by atoms with E-state index in [1.54, 1.807) is 30.3 Å². The fourth-order valence-corrected chi connectivity index (χ4v) is 4.22. The Labute approximate surface area is 188 Å². The zero-order chi connectivity index (χ0) is 23.5. The van der Waals surface area contributed by atoms with Crippen molar-refractivity contribution < 1.29 is 37.7 Å². The number of carboxylic acids is 2. The normalized spacial score (nSPS) is 11.2. The molecular formula is C21H15ClF3NO5S. The van der Waals surface area contributed by atoms with Crippen LogP contribution in [0.1, 0.15) is 20.8 Å². The van der Waals surface area contributed by atoms with Crippen LogP contribution in [0, 0.1) is 0 Å². The molecule has 0 unspecified atom stereocenters. The quantitative estimate of drug-likeness (QED) is 0.370. The topological polar surface area (TPSA) is 95.9 Å². The summed E-state index contributed by atoms with van der Waals surface area (Å²) < 4.78 is 43.7. The van der Waals surface area contributed by atoms with Crippen LogP contribution in [0.15, 0.2) is 48.5 Å². The third-order valence-electron chi connectivity index (χ3n) is 4.22. The molecular weight excluding hydrogens is 471 g/mol. The number of rotatable bonds is 8. The number of carboxylic acid groups (broad SMARTS) is 2. The van der Waals surface area contributed by atoms with Gasteiger partial charge in [0.1, 0.15) is 5.02 Å². The number of halogens is 4. The van der Waals surface area contributed by atoms with Crippen molar-refractivity contribution in [2.75, 3.05) is 11.9 Å². The van der Waals surface area contributed by atoms with E-state index in [2.05, 4.69) is 5.32 Å². The Morgan fingerprint density at radius 1 is 1.09 bits per heavy atom. The van der Waals surface area contributed by atoms with E-state index >= 15 is 0 Å². The maximum absolute atomic E-state index is 12.9. The lowest BCUT2D eigenvalue weighted by Gasteiger charge is -2.11. The van der Waals surface area contributed by atoms with Gasteiger partial charge in [-0.05, 0) is 35.4 Å². The van der Waals surface area contributed by atoms with Crippen molar-refractivity contribution in [3.05, 3.63) is 69.6 Å². The van der Waals surface area contributed by atoms with Gasteiger partial charge < -0.3 is 20.3 Å². The van der Waals surface area contributed by atoms with Crippen LogP contribution < -0.4 is 10.1 Å². The maximum atomic E-state index is 12.9. The zero-order valence-electron chi connectivity index (χ0n) is 16.1. The molecule has 0 radical (unpaired) electrons. The lowest BCUT2D eigenvalue weighted by atomic mass is 10.1. The molecule has 0 atom stereocenters. The molecule has 168 valence electrons. The van der Waals surface area contributed by atoms with Gasteiger partial charge in [0.05, 0.1) is 10.4 Å². The second-order valence-electron chi connectivity index (χ2n) is 6.52. The van der Waals surface area contributed by atoms with Gasteiger partial charge in [-0.15, -0.1) is 11.3 Å². The highest BCUT2D eigenvalue weighted by atomic mass is 35.5. The molecule has 11 heteroatoms. The average Bonchev–Trinajstić information content (AvgIpc) is 3.07. The van der Waals surface area contributed by atoms with Gasteiger partial charge in [-0.25, -0.2) is 9.59 Å². The number of ether oxygens (including phenoxy) is 1. The lowest BCUT2D eigenvalue weighted by Crippen LogP contribution is -2.10. The summed E-state index contributed by atoms with van der Waals surface area (Å²) in [5, 5.41) is 21.2. The first-order valence-electron chi connectivity index (χ1n) is 8.97. The van der Waals surface area contributed by atoms with E-state index in [0.29, 0.717) is 21.7 Å². The molecule has 3 N–H and O–H groups in total. The summed E-state index contributed by atoms with van der Waals surface area (Å²) in [5.41, 5.74) is 0.777. The lowest BCUT2D eigenvalue weighted by molar-refractivity contribution is -0.139. The van der Waals surface area contributed by atoms with E-state index in [0.717, 1.165) is 23.5 Å². The van der Waals surface area contributed by atoms with Crippen LogP contribution >= 0.6 is 22.9 Å². The first kappa shape index (κ1) is 23.4. The molecule has 0 saturated heterocycles. The van der Waals surface area contributed by atoms with Crippen molar-refractivity contribution in [1.29, 1.82) is 0 Å². The molecule has 0 fully saturated rings. The van der Waals surface area contributed by atoms with Crippen molar-refractivity contribution in [3.8, 4) is 16.2 Å². The summed E-state index contributed by atoms with van der Waals surface area (Å²) in [7, 11) is 0. The minimum Gasteiger partial charge on any atom is -0.479 e. The van der Waals surface area contributed by atoms with E-state index < -0.39 is 30.3 Å². The van der Waals surface area contributed by atoms with Crippen LogP contribution in [0.3, 0.4) is 0 Å². The molecule has 6 nitrogen and oxygen atoms in total. The van der Waals surface area contributed by atoms with Crippen LogP contribution in [-0.2, 0) is 17.5 Å². The highest BCUT2D eigenvalue weighted by Gasteiger charge is 2.30.